The first-order valence-electron chi connectivity index (χ1n) is 9.82. The maximum atomic E-state index is 12.1. The van der Waals surface area contributed by atoms with Gasteiger partial charge in [-0.25, -0.2) is 0 Å². The summed E-state index contributed by atoms with van der Waals surface area (Å²) >= 11 is 0. The molecule has 0 bridgehead atoms. The van der Waals surface area contributed by atoms with Crippen molar-refractivity contribution < 1.29 is 14.3 Å². The summed E-state index contributed by atoms with van der Waals surface area (Å²) in [5, 5.41) is 0. The molecule has 27 heavy (non-hydrogen) atoms. The highest BCUT2D eigenvalue weighted by Crippen LogP contribution is 2.46. The van der Waals surface area contributed by atoms with Gasteiger partial charge >= 0.3 is 0 Å². The van der Waals surface area contributed by atoms with E-state index in [9.17, 15) is 4.79 Å². The summed E-state index contributed by atoms with van der Waals surface area (Å²) in [5.74, 6) is 0.782. The van der Waals surface area contributed by atoms with Gasteiger partial charge in [0.25, 0.3) is 0 Å². The zero-order chi connectivity index (χ0) is 19.1. The molecule has 0 saturated heterocycles. The standard InChI is InChI=1S/C24H30O3/c1-19-13-24(14-23(19)20(2)25,17-26-15-21-9-5-3-6-10-21)18-27-16-22-11-7-4-8-12-22/h3-12,19,23H,13-18H2,1-2H3/t19-,23-/m0/s1. The van der Waals surface area contributed by atoms with Crippen LogP contribution in [-0.2, 0) is 27.5 Å². The zero-order valence-corrected chi connectivity index (χ0v) is 16.4. The maximum absolute atomic E-state index is 12.1. The predicted octanol–water partition coefficient (Wildman–Crippen LogP) is 5.04. The van der Waals surface area contributed by atoms with E-state index < -0.39 is 0 Å². The number of benzene rings is 2. The summed E-state index contributed by atoms with van der Waals surface area (Å²) in [6.07, 6.45) is 1.83. The van der Waals surface area contributed by atoms with Gasteiger partial charge in [0.1, 0.15) is 5.78 Å². The number of carbonyl (C=O) groups is 1. The first-order valence-corrected chi connectivity index (χ1v) is 9.82. The summed E-state index contributed by atoms with van der Waals surface area (Å²) in [5.41, 5.74) is 2.26. The smallest absolute Gasteiger partial charge is 0.133 e. The third-order valence-electron chi connectivity index (χ3n) is 5.66. The fourth-order valence-electron chi connectivity index (χ4n) is 4.32. The quantitative estimate of drug-likeness (QED) is 0.623. The van der Waals surface area contributed by atoms with Crippen LogP contribution in [0.15, 0.2) is 60.7 Å². The highest BCUT2D eigenvalue weighted by atomic mass is 16.5. The van der Waals surface area contributed by atoms with Crippen molar-refractivity contribution in [3.63, 3.8) is 0 Å². The lowest BCUT2D eigenvalue weighted by atomic mass is 9.86. The normalized spacial score (nSPS) is 21.3. The Kier molecular flexibility index (Phi) is 6.81. The van der Waals surface area contributed by atoms with Gasteiger partial charge in [0.15, 0.2) is 0 Å². The number of ketones is 1. The summed E-state index contributed by atoms with van der Waals surface area (Å²) in [7, 11) is 0. The van der Waals surface area contributed by atoms with Gasteiger partial charge < -0.3 is 9.47 Å². The Labute approximate surface area is 162 Å². The van der Waals surface area contributed by atoms with Crippen LogP contribution in [-0.4, -0.2) is 19.0 Å². The molecule has 0 amide bonds. The van der Waals surface area contributed by atoms with Crippen molar-refractivity contribution in [2.45, 2.75) is 39.9 Å². The molecule has 0 spiro atoms. The van der Waals surface area contributed by atoms with E-state index in [1.165, 1.54) is 11.1 Å². The van der Waals surface area contributed by atoms with Crippen molar-refractivity contribution in [1.29, 1.82) is 0 Å². The van der Waals surface area contributed by atoms with Gasteiger partial charge in [0, 0.05) is 11.3 Å². The Balaban J connectivity index is 1.61. The molecule has 0 heterocycles. The molecule has 1 saturated carbocycles. The van der Waals surface area contributed by atoms with Crippen LogP contribution in [0.4, 0.5) is 0 Å². The largest absolute Gasteiger partial charge is 0.376 e. The second-order valence-corrected chi connectivity index (χ2v) is 8.06. The molecule has 2 aromatic rings. The Bertz CT molecular complexity index is 665. The van der Waals surface area contributed by atoms with Gasteiger partial charge in [-0.2, -0.15) is 0 Å². The predicted molar refractivity (Wildman–Crippen MR) is 107 cm³/mol. The average Bonchev–Trinajstić information content (AvgIpc) is 3.00. The Morgan fingerprint density at radius 1 is 0.889 bits per heavy atom. The van der Waals surface area contributed by atoms with Crippen molar-refractivity contribution in [2.75, 3.05) is 13.2 Å². The number of rotatable bonds is 9. The van der Waals surface area contributed by atoms with Crippen LogP contribution in [0.3, 0.4) is 0 Å². The molecule has 1 aliphatic rings. The number of Topliss-reactive ketones (excluding diaryl/α,β-unsaturated/α-hetero) is 1. The Morgan fingerprint density at radius 2 is 1.37 bits per heavy atom. The first kappa shape index (κ1) is 19.8. The SMILES string of the molecule is CC(=O)[C@H]1CC(COCc2ccccc2)(COCc2ccccc2)C[C@@H]1C. The van der Waals surface area contributed by atoms with Crippen molar-refractivity contribution in [2.24, 2.45) is 17.3 Å². The van der Waals surface area contributed by atoms with Crippen LogP contribution >= 0.6 is 0 Å². The van der Waals surface area contributed by atoms with Gasteiger partial charge in [-0.15, -0.1) is 0 Å². The van der Waals surface area contributed by atoms with E-state index in [4.69, 9.17) is 9.47 Å². The highest BCUT2D eigenvalue weighted by Gasteiger charge is 2.45. The number of hydrogen-bond acceptors (Lipinski definition) is 3. The fourth-order valence-corrected chi connectivity index (χ4v) is 4.32. The maximum Gasteiger partial charge on any atom is 0.133 e. The molecule has 3 nitrogen and oxygen atoms in total. The van der Waals surface area contributed by atoms with Crippen molar-refractivity contribution in [3.8, 4) is 0 Å². The molecule has 0 aromatic heterocycles. The van der Waals surface area contributed by atoms with Gasteiger partial charge in [0.2, 0.25) is 0 Å². The van der Waals surface area contributed by atoms with Crippen LogP contribution < -0.4 is 0 Å². The Morgan fingerprint density at radius 3 is 1.78 bits per heavy atom. The summed E-state index contributed by atoms with van der Waals surface area (Å²) in [6.45, 7) is 6.35. The van der Waals surface area contributed by atoms with Gasteiger partial charge in [0.05, 0.1) is 26.4 Å². The lowest BCUT2D eigenvalue weighted by Crippen LogP contribution is -2.30. The van der Waals surface area contributed by atoms with Crippen LogP contribution in [0.5, 0.6) is 0 Å². The summed E-state index contributed by atoms with van der Waals surface area (Å²) in [6, 6.07) is 20.4. The average molecular weight is 367 g/mol. The van der Waals surface area contributed by atoms with Crippen molar-refractivity contribution in [1.82, 2.24) is 0 Å². The van der Waals surface area contributed by atoms with Gasteiger partial charge in [-0.1, -0.05) is 67.6 Å². The third kappa shape index (κ3) is 5.50. The highest BCUT2D eigenvalue weighted by molar-refractivity contribution is 5.79. The second-order valence-electron chi connectivity index (χ2n) is 8.06. The second kappa shape index (κ2) is 9.29. The minimum Gasteiger partial charge on any atom is -0.376 e. The summed E-state index contributed by atoms with van der Waals surface area (Å²) < 4.78 is 12.2. The van der Waals surface area contributed by atoms with E-state index in [-0.39, 0.29) is 17.1 Å². The summed E-state index contributed by atoms with van der Waals surface area (Å²) in [4.78, 5) is 12.1. The molecule has 2 aromatic carbocycles. The van der Waals surface area contributed by atoms with E-state index in [1.54, 1.807) is 6.92 Å². The molecule has 0 N–H and O–H groups in total. The molecular weight excluding hydrogens is 336 g/mol. The van der Waals surface area contributed by atoms with Crippen LogP contribution in [0.25, 0.3) is 0 Å². The molecule has 0 unspecified atom stereocenters. The lowest BCUT2D eigenvalue weighted by Gasteiger charge is -2.29. The van der Waals surface area contributed by atoms with Crippen molar-refractivity contribution in [3.05, 3.63) is 71.8 Å². The third-order valence-corrected chi connectivity index (χ3v) is 5.66. The molecule has 1 fully saturated rings. The minimum absolute atomic E-state index is 0.0840. The van der Waals surface area contributed by atoms with E-state index in [0.717, 1.165) is 12.8 Å². The van der Waals surface area contributed by atoms with Crippen LogP contribution in [0.2, 0.25) is 0 Å². The zero-order valence-electron chi connectivity index (χ0n) is 16.4. The van der Waals surface area contributed by atoms with Gasteiger partial charge in [-0.05, 0) is 36.8 Å². The minimum atomic E-state index is -0.0840. The number of ether oxygens (including phenoxy) is 2. The van der Waals surface area contributed by atoms with Crippen LogP contribution in [0.1, 0.15) is 37.8 Å². The lowest BCUT2D eigenvalue weighted by molar-refractivity contribution is -0.122. The topological polar surface area (TPSA) is 35.5 Å². The van der Waals surface area contributed by atoms with E-state index in [1.807, 2.05) is 36.4 Å². The van der Waals surface area contributed by atoms with Crippen molar-refractivity contribution >= 4 is 5.78 Å². The molecule has 0 radical (unpaired) electrons. The van der Waals surface area contributed by atoms with E-state index in [2.05, 4.69) is 31.2 Å². The molecule has 0 aliphatic heterocycles. The van der Waals surface area contributed by atoms with E-state index >= 15 is 0 Å². The Hall–Kier alpha value is -1.97. The monoisotopic (exact) mass is 366 g/mol. The molecule has 2 atom stereocenters. The molecule has 3 rings (SSSR count). The number of hydrogen-bond donors (Lipinski definition) is 0. The molecule has 144 valence electrons. The van der Waals surface area contributed by atoms with E-state index in [0.29, 0.717) is 32.3 Å². The molecule has 1 aliphatic carbocycles. The number of carbonyl (C=O) groups excluding carboxylic acids is 1. The van der Waals surface area contributed by atoms with Crippen LogP contribution in [0, 0.1) is 17.3 Å². The molecule has 3 heteroatoms. The fraction of sp³-hybridized carbons (Fsp3) is 0.458. The van der Waals surface area contributed by atoms with Gasteiger partial charge in [-0.3, -0.25) is 4.79 Å². The molecular formula is C24H30O3. The first-order chi connectivity index (χ1) is 13.1.